The molecule has 5 heteroatoms. The SMILES string of the molecule is CN(C(=O)c1ccncc1)[C@@H]1CCC[C@@H](Nc2ccccc2Cc2ccccc2)[C@@H]1O. The second kappa shape index (κ2) is 9.75. The van der Waals surface area contributed by atoms with Crippen molar-refractivity contribution in [2.24, 2.45) is 0 Å². The summed E-state index contributed by atoms with van der Waals surface area (Å²) in [5.41, 5.74) is 4.08. The Kier molecular flexibility index (Phi) is 6.63. The minimum atomic E-state index is -0.644. The van der Waals surface area contributed by atoms with E-state index < -0.39 is 6.10 Å². The second-order valence-electron chi connectivity index (χ2n) is 8.21. The monoisotopic (exact) mass is 415 g/mol. The molecule has 1 amide bonds. The summed E-state index contributed by atoms with van der Waals surface area (Å²) in [6.45, 7) is 0. The van der Waals surface area contributed by atoms with E-state index in [4.69, 9.17) is 0 Å². The maximum Gasteiger partial charge on any atom is 0.254 e. The molecule has 2 N–H and O–H groups in total. The Morgan fingerprint density at radius 3 is 2.52 bits per heavy atom. The van der Waals surface area contributed by atoms with Gasteiger partial charge < -0.3 is 15.3 Å². The average Bonchev–Trinajstić information content (AvgIpc) is 2.82. The number of nitrogens with one attached hydrogen (secondary N) is 1. The Bertz CT molecular complexity index is 994. The highest BCUT2D eigenvalue weighted by atomic mass is 16.3. The number of nitrogens with zero attached hydrogens (tertiary/aromatic N) is 2. The number of hydrogen-bond acceptors (Lipinski definition) is 4. The number of carbonyl (C=O) groups is 1. The van der Waals surface area contributed by atoms with Crippen LogP contribution in [0.25, 0.3) is 0 Å². The lowest BCUT2D eigenvalue weighted by Gasteiger charge is -2.40. The zero-order valence-corrected chi connectivity index (χ0v) is 17.8. The fourth-order valence-corrected chi connectivity index (χ4v) is 4.42. The number of likely N-dealkylation sites (N-methyl/N-ethyl adjacent to an activating group) is 1. The van der Waals surface area contributed by atoms with Crippen molar-refractivity contribution >= 4 is 11.6 Å². The van der Waals surface area contributed by atoms with Crippen molar-refractivity contribution in [3.63, 3.8) is 0 Å². The maximum absolute atomic E-state index is 12.9. The fourth-order valence-electron chi connectivity index (χ4n) is 4.42. The Balaban J connectivity index is 1.48. The maximum atomic E-state index is 12.9. The number of hydrogen-bond donors (Lipinski definition) is 2. The molecule has 5 nitrogen and oxygen atoms in total. The Labute approximate surface area is 183 Å². The predicted octanol–water partition coefficient (Wildman–Crippen LogP) is 4.14. The summed E-state index contributed by atoms with van der Waals surface area (Å²) in [6, 6.07) is 21.7. The number of aromatic nitrogens is 1. The number of benzene rings is 2. The van der Waals surface area contributed by atoms with Crippen LogP contribution in [-0.2, 0) is 6.42 Å². The van der Waals surface area contributed by atoms with Crippen LogP contribution in [0.4, 0.5) is 5.69 Å². The van der Waals surface area contributed by atoms with E-state index in [2.05, 4.69) is 46.7 Å². The quantitative estimate of drug-likeness (QED) is 0.635. The van der Waals surface area contributed by atoms with E-state index in [1.54, 1.807) is 36.5 Å². The van der Waals surface area contributed by atoms with Gasteiger partial charge in [0, 0.05) is 30.7 Å². The zero-order chi connectivity index (χ0) is 21.6. The summed E-state index contributed by atoms with van der Waals surface area (Å²) in [6.07, 6.45) is 6.03. The molecule has 4 rings (SSSR count). The highest BCUT2D eigenvalue weighted by molar-refractivity contribution is 5.94. The molecule has 160 valence electrons. The number of anilines is 1. The molecule has 0 radical (unpaired) electrons. The number of aliphatic hydroxyl groups is 1. The van der Waals surface area contributed by atoms with Gasteiger partial charge in [0.15, 0.2) is 0 Å². The minimum Gasteiger partial charge on any atom is -0.389 e. The molecule has 1 aliphatic carbocycles. The van der Waals surface area contributed by atoms with Crippen molar-refractivity contribution in [2.45, 2.75) is 43.9 Å². The number of pyridine rings is 1. The third-order valence-corrected chi connectivity index (χ3v) is 6.16. The summed E-state index contributed by atoms with van der Waals surface area (Å²) in [4.78, 5) is 18.5. The lowest BCUT2D eigenvalue weighted by atomic mass is 9.86. The van der Waals surface area contributed by atoms with Gasteiger partial charge in [-0.15, -0.1) is 0 Å². The van der Waals surface area contributed by atoms with Crippen LogP contribution in [-0.4, -0.2) is 46.1 Å². The van der Waals surface area contributed by atoms with Gasteiger partial charge in [-0.2, -0.15) is 0 Å². The molecule has 0 bridgehead atoms. The fraction of sp³-hybridized carbons (Fsp3) is 0.308. The van der Waals surface area contributed by atoms with E-state index in [9.17, 15) is 9.90 Å². The van der Waals surface area contributed by atoms with Crippen molar-refractivity contribution in [1.29, 1.82) is 0 Å². The van der Waals surface area contributed by atoms with E-state index >= 15 is 0 Å². The van der Waals surface area contributed by atoms with Crippen LogP contribution in [0, 0.1) is 0 Å². The van der Waals surface area contributed by atoms with E-state index in [1.807, 2.05) is 18.2 Å². The molecule has 31 heavy (non-hydrogen) atoms. The highest BCUT2D eigenvalue weighted by Crippen LogP contribution is 2.28. The molecule has 1 saturated carbocycles. The summed E-state index contributed by atoms with van der Waals surface area (Å²) < 4.78 is 0. The smallest absolute Gasteiger partial charge is 0.254 e. The van der Waals surface area contributed by atoms with E-state index in [0.717, 1.165) is 31.4 Å². The first kappa shape index (κ1) is 21.1. The van der Waals surface area contributed by atoms with Gasteiger partial charge >= 0.3 is 0 Å². The Morgan fingerprint density at radius 2 is 1.74 bits per heavy atom. The number of carbonyl (C=O) groups excluding carboxylic acids is 1. The van der Waals surface area contributed by atoms with Crippen molar-refractivity contribution in [3.05, 3.63) is 95.8 Å². The molecule has 1 aromatic heterocycles. The van der Waals surface area contributed by atoms with Gasteiger partial charge in [-0.3, -0.25) is 9.78 Å². The second-order valence-corrected chi connectivity index (χ2v) is 8.21. The van der Waals surface area contributed by atoms with Crippen LogP contribution in [0.15, 0.2) is 79.1 Å². The zero-order valence-electron chi connectivity index (χ0n) is 17.8. The molecule has 3 aromatic rings. The van der Waals surface area contributed by atoms with Crippen molar-refractivity contribution in [1.82, 2.24) is 9.88 Å². The largest absolute Gasteiger partial charge is 0.389 e. The van der Waals surface area contributed by atoms with Gasteiger partial charge in [0.05, 0.1) is 18.2 Å². The van der Waals surface area contributed by atoms with E-state index in [0.29, 0.717) is 5.56 Å². The summed E-state index contributed by atoms with van der Waals surface area (Å²) in [5, 5.41) is 14.8. The Morgan fingerprint density at radius 1 is 1.03 bits per heavy atom. The third-order valence-electron chi connectivity index (χ3n) is 6.16. The van der Waals surface area contributed by atoms with Crippen LogP contribution in [0.2, 0.25) is 0 Å². The molecular weight excluding hydrogens is 386 g/mol. The van der Waals surface area contributed by atoms with E-state index in [1.165, 1.54) is 11.1 Å². The van der Waals surface area contributed by atoms with Gasteiger partial charge in [0.25, 0.3) is 5.91 Å². The average molecular weight is 416 g/mol. The standard InChI is InChI=1S/C26H29N3O2/c1-29(26(31)20-14-16-27-17-15-20)24-13-7-12-23(25(24)30)28-22-11-6-5-10-21(22)18-19-8-3-2-4-9-19/h2-6,8-11,14-17,23-25,28,30H,7,12-13,18H2,1H3/t23-,24-,25+/m1/s1. The lowest BCUT2D eigenvalue weighted by Crippen LogP contribution is -2.54. The molecule has 1 aliphatic rings. The lowest BCUT2D eigenvalue weighted by molar-refractivity contribution is 0.0208. The van der Waals surface area contributed by atoms with E-state index in [-0.39, 0.29) is 18.0 Å². The number of aliphatic hydroxyl groups excluding tert-OH is 1. The number of rotatable bonds is 6. The minimum absolute atomic E-state index is 0.0865. The van der Waals surface area contributed by atoms with Crippen LogP contribution >= 0.6 is 0 Å². The molecule has 0 saturated heterocycles. The van der Waals surface area contributed by atoms with Crippen LogP contribution in [0.3, 0.4) is 0 Å². The Hall–Kier alpha value is -3.18. The molecule has 1 heterocycles. The predicted molar refractivity (Wildman–Crippen MR) is 123 cm³/mol. The normalized spacial score (nSPS) is 20.8. The first-order valence-electron chi connectivity index (χ1n) is 10.9. The highest BCUT2D eigenvalue weighted by Gasteiger charge is 2.36. The van der Waals surface area contributed by atoms with Crippen LogP contribution in [0.1, 0.15) is 40.7 Å². The molecule has 2 aromatic carbocycles. The first-order chi connectivity index (χ1) is 15.1. The number of amides is 1. The first-order valence-corrected chi connectivity index (χ1v) is 10.9. The van der Waals surface area contributed by atoms with Crippen molar-refractivity contribution in [3.8, 4) is 0 Å². The molecule has 0 aliphatic heterocycles. The van der Waals surface area contributed by atoms with Gasteiger partial charge in [0.2, 0.25) is 0 Å². The van der Waals surface area contributed by atoms with Gasteiger partial charge in [-0.25, -0.2) is 0 Å². The third kappa shape index (κ3) is 4.94. The topological polar surface area (TPSA) is 65.5 Å². The number of para-hydroxylation sites is 1. The van der Waals surface area contributed by atoms with Crippen LogP contribution < -0.4 is 5.32 Å². The van der Waals surface area contributed by atoms with Gasteiger partial charge in [0.1, 0.15) is 0 Å². The van der Waals surface area contributed by atoms with Crippen molar-refractivity contribution < 1.29 is 9.90 Å². The van der Waals surface area contributed by atoms with Crippen LogP contribution in [0.5, 0.6) is 0 Å². The van der Waals surface area contributed by atoms with Gasteiger partial charge in [-0.1, -0.05) is 48.5 Å². The summed E-state index contributed by atoms with van der Waals surface area (Å²) in [5.74, 6) is -0.0865. The molecular formula is C26H29N3O2. The van der Waals surface area contributed by atoms with Crippen molar-refractivity contribution in [2.75, 3.05) is 12.4 Å². The summed E-state index contributed by atoms with van der Waals surface area (Å²) in [7, 11) is 1.78. The molecule has 3 atom stereocenters. The molecule has 1 fully saturated rings. The molecule has 0 spiro atoms. The van der Waals surface area contributed by atoms with Gasteiger partial charge in [-0.05, 0) is 55.0 Å². The molecule has 0 unspecified atom stereocenters. The summed E-state index contributed by atoms with van der Waals surface area (Å²) >= 11 is 0.